The van der Waals surface area contributed by atoms with Crippen molar-refractivity contribution in [2.45, 2.75) is 19.3 Å². The highest BCUT2D eigenvalue weighted by Crippen LogP contribution is 2.41. The van der Waals surface area contributed by atoms with Gasteiger partial charge in [-0.25, -0.2) is 0 Å². The second kappa shape index (κ2) is 9.49. The van der Waals surface area contributed by atoms with Gasteiger partial charge >= 0.3 is 0 Å². The number of aromatic nitrogens is 6. The van der Waals surface area contributed by atoms with Crippen LogP contribution < -0.4 is 0 Å². The summed E-state index contributed by atoms with van der Waals surface area (Å²) in [5.74, 6) is 0.383. The van der Waals surface area contributed by atoms with E-state index in [-0.39, 0.29) is 0 Å². The van der Waals surface area contributed by atoms with Crippen molar-refractivity contribution in [2.75, 3.05) is 0 Å². The van der Waals surface area contributed by atoms with Gasteiger partial charge in [0.1, 0.15) is 0 Å². The number of nitrogens with zero attached hydrogens (tertiary/aromatic N) is 6. The average molecular weight is 593 g/mol. The van der Waals surface area contributed by atoms with Crippen molar-refractivity contribution in [3.8, 4) is 17.1 Å². The van der Waals surface area contributed by atoms with E-state index in [1.807, 2.05) is 36.8 Å². The van der Waals surface area contributed by atoms with Crippen LogP contribution in [0.1, 0.15) is 30.5 Å². The van der Waals surface area contributed by atoms with Crippen molar-refractivity contribution in [3.05, 3.63) is 139 Å². The lowest BCUT2D eigenvalue weighted by Crippen LogP contribution is -2.06. The maximum atomic E-state index is 4.92. The van der Waals surface area contributed by atoms with Gasteiger partial charge in [0.2, 0.25) is 0 Å². The third-order valence-electron chi connectivity index (χ3n) is 9.57. The van der Waals surface area contributed by atoms with Crippen LogP contribution in [0.15, 0.2) is 128 Å². The Balaban J connectivity index is 1.37. The normalized spacial score (nSPS) is 14.7. The van der Waals surface area contributed by atoms with Crippen LogP contribution in [0.2, 0.25) is 0 Å². The zero-order valence-corrected chi connectivity index (χ0v) is 25.2. The average Bonchev–Trinajstić information content (AvgIpc) is 3.74. The van der Waals surface area contributed by atoms with Crippen LogP contribution in [-0.4, -0.2) is 28.7 Å². The van der Waals surface area contributed by atoms with Crippen LogP contribution in [0, 0.1) is 0 Å². The maximum absolute atomic E-state index is 4.92. The number of hydrogen-bond acceptors (Lipinski definition) is 3. The van der Waals surface area contributed by atoms with E-state index in [1.165, 1.54) is 11.3 Å². The van der Waals surface area contributed by atoms with Gasteiger partial charge in [0.15, 0.2) is 0 Å². The Morgan fingerprint density at radius 1 is 0.522 bits per heavy atom. The second-order valence-corrected chi connectivity index (χ2v) is 12.2. The molecule has 6 heteroatoms. The standard InChI is InChI=1S/C40H28N6/c1-25-10-6-15-33-37(25)40-36(18-9-21-43-40)46(33)28-23-26(44-31-13-4-2-11-29(31)38-34(44)16-7-19-41-38)22-27(24-28)45-32-14-5-3-12-30(32)39-35(45)17-8-20-42-39/h2-9,11-25H,10H2,1H3. The molecular formula is C40H28N6. The van der Waals surface area contributed by atoms with Gasteiger partial charge < -0.3 is 13.7 Å². The summed E-state index contributed by atoms with van der Waals surface area (Å²) in [5, 5.41) is 2.27. The molecule has 46 heavy (non-hydrogen) atoms. The molecule has 0 spiro atoms. The summed E-state index contributed by atoms with van der Waals surface area (Å²) in [6.07, 6.45) is 11.3. The lowest BCUT2D eigenvalue weighted by atomic mass is 9.92. The van der Waals surface area contributed by atoms with E-state index in [0.717, 1.165) is 78.4 Å². The Kier molecular flexibility index (Phi) is 5.23. The van der Waals surface area contributed by atoms with Gasteiger partial charge in [0.25, 0.3) is 0 Å². The first-order valence-electron chi connectivity index (χ1n) is 15.8. The van der Waals surface area contributed by atoms with E-state index < -0.39 is 0 Å². The predicted octanol–water partition coefficient (Wildman–Crippen LogP) is 9.53. The van der Waals surface area contributed by atoms with Crippen LogP contribution >= 0.6 is 0 Å². The predicted molar refractivity (Wildman–Crippen MR) is 187 cm³/mol. The molecule has 1 atom stereocenters. The monoisotopic (exact) mass is 592 g/mol. The molecule has 0 fully saturated rings. The molecular weight excluding hydrogens is 564 g/mol. The van der Waals surface area contributed by atoms with Gasteiger partial charge in [-0.1, -0.05) is 49.4 Å². The third-order valence-corrected chi connectivity index (χ3v) is 9.57. The molecule has 0 amide bonds. The van der Waals surface area contributed by atoms with Gasteiger partial charge in [0, 0.05) is 34.9 Å². The lowest BCUT2D eigenvalue weighted by Gasteiger charge is -2.19. The zero-order chi connectivity index (χ0) is 30.4. The number of rotatable bonds is 3. The molecule has 6 nitrogen and oxygen atoms in total. The Morgan fingerprint density at radius 3 is 1.54 bits per heavy atom. The van der Waals surface area contributed by atoms with Crippen molar-refractivity contribution >= 4 is 61.0 Å². The van der Waals surface area contributed by atoms with Gasteiger partial charge in [-0.15, -0.1) is 0 Å². The number of fused-ring (bicyclic) bond motifs is 9. The van der Waals surface area contributed by atoms with E-state index >= 15 is 0 Å². The van der Waals surface area contributed by atoms with Gasteiger partial charge in [-0.2, -0.15) is 0 Å². The fourth-order valence-electron chi connectivity index (χ4n) is 7.68. The zero-order valence-electron chi connectivity index (χ0n) is 25.2. The number of pyridine rings is 3. The third kappa shape index (κ3) is 3.44. The molecule has 9 aromatic rings. The van der Waals surface area contributed by atoms with Gasteiger partial charge in [-0.3, -0.25) is 15.0 Å². The van der Waals surface area contributed by atoms with Crippen LogP contribution in [0.5, 0.6) is 0 Å². The number of benzene rings is 3. The lowest BCUT2D eigenvalue weighted by molar-refractivity contribution is 0.771. The minimum absolute atomic E-state index is 0.383. The molecule has 1 aliphatic carbocycles. The SMILES string of the molecule is CC1CC=Cc2c1c1ncccc1n2-c1cc(-n2c3ccccc3c3ncccc32)cc(-n2c3ccccc3c3ncccc32)c1. The fraction of sp³-hybridized carbons (Fsp3) is 0.0750. The minimum atomic E-state index is 0.383. The van der Waals surface area contributed by atoms with E-state index in [1.54, 1.807) is 0 Å². The summed E-state index contributed by atoms with van der Waals surface area (Å²) in [6, 6.07) is 36.6. The second-order valence-electron chi connectivity index (χ2n) is 12.2. The highest BCUT2D eigenvalue weighted by atomic mass is 15.1. The molecule has 218 valence electrons. The summed E-state index contributed by atoms with van der Waals surface area (Å²) in [7, 11) is 0. The molecule has 1 unspecified atom stereocenters. The topological polar surface area (TPSA) is 53.5 Å². The van der Waals surface area contributed by atoms with Crippen LogP contribution in [0.25, 0.3) is 78.0 Å². The number of allylic oxidation sites excluding steroid dienone is 1. The molecule has 0 radical (unpaired) electrons. The number of hydrogen-bond donors (Lipinski definition) is 0. The molecule has 6 aromatic heterocycles. The Bertz CT molecular complexity index is 2460. The van der Waals surface area contributed by atoms with Crippen LogP contribution in [-0.2, 0) is 0 Å². The summed E-state index contributed by atoms with van der Waals surface area (Å²) < 4.78 is 7.10. The van der Waals surface area contributed by atoms with Crippen molar-refractivity contribution in [3.63, 3.8) is 0 Å². The summed E-state index contributed by atoms with van der Waals surface area (Å²) in [4.78, 5) is 14.6. The minimum Gasteiger partial charge on any atom is -0.308 e. The van der Waals surface area contributed by atoms with Crippen molar-refractivity contribution in [1.29, 1.82) is 0 Å². The molecule has 0 saturated heterocycles. The smallest absolute Gasteiger partial charge is 0.0963 e. The Hall–Kier alpha value is -6.01. The van der Waals surface area contributed by atoms with Crippen molar-refractivity contribution < 1.29 is 0 Å². The van der Waals surface area contributed by atoms with Crippen LogP contribution in [0.4, 0.5) is 0 Å². The maximum Gasteiger partial charge on any atom is 0.0963 e. The first-order valence-corrected chi connectivity index (χ1v) is 15.8. The quantitative estimate of drug-likeness (QED) is 0.205. The van der Waals surface area contributed by atoms with E-state index in [4.69, 9.17) is 15.0 Å². The first kappa shape index (κ1) is 25.3. The summed E-state index contributed by atoms with van der Waals surface area (Å²) in [6.45, 7) is 2.30. The molecule has 0 bridgehead atoms. The van der Waals surface area contributed by atoms with E-state index in [9.17, 15) is 0 Å². The highest BCUT2D eigenvalue weighted by Gasteiger charge is 2.25. The summed E-state index contributed by atoms with van der Waals surface area (Å²) >= 11 is 0. The Labute approximate surface area is 264 Å². The van der Waals surface area contributed by atoms with Crippen LogP contribution in [0.3, 0.4) is 0 Å². The molecule has 0 aliphatic heterocycles. The van der Waals surface area contributed by atoms with Crippen molar-refractivity contribution in [2.24, 2.45) is 0 Å². The number of para-hydroxylation sites is 2. The largest absolute Gasteiger partial charge is 0.308 e. The fourth-order valence-corrected chi connectivity index (χ4v) is 7.68. The molecule has 1 aliphatic rings. The van der Waals surface area contributed by atoms with E-state index in [0.29, 0.717) is 5.92 Å². The van der Waals surface area contributed by atoms with Gasteiger partial charge in [0.05, 0.1) is 66.9 Å². The molecule has 6 heterocycles. The Morgan fingerprint density at radius 2 is 0.978 bits per heavy atom. The summed E-state index contributed by atoms with van der Waals surface area (Å²) in [5.41, 5.74) is 14.3. The molecule has 10 rings (SSSR count). The highest BCUT2D eigenvalue weighted by molar-refractivity contribution is 6.08. The van der Waals surface area contributed by atoms with Gasteiger partial charge in [-0.05, 0) is 85.1 Å². The molecule has 0 N–H and O–H groups in total. The van der Waals surface area contributed by atoms with Crippen molar-refractivity contribution in [1.82, 2.24) is 28.7 Å². The molecule has 3 aromatic carbocycles. The van der Waals surface area contributed by atoms with E-state index in [2.05, 4.69) is 118 Å². The first-order chi connectivity index (χ1) is 22.8. The molecule has 0 saturated carbocycles.